The smallest absolute Gasteiger partial charge is 0.250 e. The quantitative estimate of drug-likeness (QED) is 0.793. The Labute approximate surface area is 128 Å². The molecule has 0 aliphatic carbocycles. The zero-order chi connectivity index (χ0) is 15.3. The van der Waals surface area contributed by atoms with Gasteiger partial charge in [0, 0.05) is 11.4 Å². The predicted octanol–water partition coefficient (Wildman–Crippen LogP) is 2.42. The Morgan fingerprint density at radius 2 is 1.76 bits per heavy atom. The first kappa shape index (κ1) is 15.8. The van der Waals surface area contributed by atoms with Gasteiger partial charge in [-0.25, -0.2) is 13.1 Å². The van der Waals surface area contributed by atoms with Crippen LogP contribution in [0.5, 0.6) is 11.5 Å². The predicted molar refractivity (Wildman–Crippen MR) is 82.7 cm³/mol. The minimum atomic E-state index is -3.44. The van der Waals surface area contributed by atoms with Crippen LogP contribution in [0.25, 0.3) is 0 Å². The summed E-state index contributed by atoms with van der Waals surface area (Å²) < 4.78 is 37.3. The minimum Gasteiger partial charge on any atom is -0.497 e. The van der Waals surface area contributed by atoms with Crippen molar-refractivity contribution < 1.29 is 17.9 Å². The second-order valence-electron chi connectivity index (χ2n) is 4.29. The van der Waals surface area contributed by atoms with E-state index in [0.717, 1.165) is 10.6 Å². The summed E-state index contributed by atoms with van der Waals surface area (Å²) in [5.74, 6) is 1.41. The van der Waals surface area contributed by atoms with Gasteiger partial charge in [-0.15, -0.1) is 11.3 Å². The first-order chi connectivity index (χ1) is 10.0. The van der Waals surface area contributed by atoms with Crippen molar-refractivity contribution in [3.63, 3.8) is 0 Å². The molecule has 0 radical (unpaired) electrons. The van der Waals surface area contributed by atoms with Crippen LogP contribution in [-0.4, -0.2) is 28.7 Å². The molecule has 0 saturated heterocycles. The minimum absolute atomic E-state index is 0.214. The molecule has 0 aliphatic rings. The molecular weight excluding hydrogens is 310 g/mol. The van der Waals surface area contributed by atoms with E-state index in [4.69, 9.17) is 9.47 Å². The van der Waals surface area contributed by atoms with Gasteiger partial charge in [-0.1, -0.05) is 0 Å². The van der Waals surface area contributed by atoms with Crippen LogP contribution in [-0.2, 0) is 10.0 Å². The fourth-order valence-corrected chi connectivity index (χ4v) is 3.99. The Morgan fingerprint density at radius 3 is 2.33 bits per heavy atom. The largest absolute Gasteiger partial charge is 0.497 e. The number of rotatable bonds is 7. The number of ether oxygens (including phenoxy) is 2. The van der Waals surface area contributed by atoms with Gasteiger partial charge in [-0.05, 0) is 43.3 Å². The highest BCUT2D eigenvalue weighted by molar-refractivity contribution is 7.91. The summed E-state index contributed by atoms with van der Waals surface area (Å²) in [6, 6.07) is 10.5. The van der Waals surface area contributed by atoms with E-state index in [2.05, 4.69) is 4.72 Å². The molecule has 114 valence electrons. The van der Waals surface area contributed by atoms with Crippen molar-refractivity contribution in [2.24, 2.45) is 0 Å². The fraction of sp³-hybridized carbons (Fsp3) is 0.286. The maximum Gasteiger partial charge on any atom is 0.250 e. The van der Waals surface area contributed by atoms with Crippen LogP contribution in [0, 0.1) is 6.92 Å². The molecule has 0 aliphatic heterocycles. The van der Waals surface area contributed by atoms with Crippen molar-refractivity contribution in [2.45, 2.75) is 11.1 Å². The lowest BCUT2D eigenvalue weighted by atomic mass is 10.3. The lowest BCUT2D eigenvalue weighted by Crippen LogP contribution is -2.27. The maximum absolute atomic E-state index is 12.0. The molecule has 2 aromatic rings. The van der Waals surface area contributed by atoms with Crippen LogP contribution in [0.2, 0.25) is 0 Å². The maximum atomic E-state index is 12.0. The molecule has 7 heteroatoms. The fourth-order valence-electron chi connectivity index (χ4n) is 1.64. The molecule has 2 rings (SSSR count). The van der Waals surface area contributed by atoms with Gasteiger partial charge in [0.15, 0.2) is 0 Å². The van der Waals surface area contributed by atoms with Crippen LogP contribution in [0.1, 0.15) is 4.88 Å². The molecule has 1 heterocycles. The lowest BCUT2D eigenvalue weighted by Gasteiger charge is -2.08. The molecule has 0 unspecified atom stereocenters. The molecule has 1 aromatic heterocycles. The van der Waals surface area contributed by atoms with Crippen molar-refractivity contribution in [2.75, 3.05) is 20.3 Å². The summed E-state index contributed by atoms with van der Waals surface area (Å²) >= 11 is 1.25. The first-order valence-corrected chi connectivity index (χ1v) is 8.64. The van der Waals surface area contributed by atoms with Crippen molar-refractivity contribution >= 4 is 21.4 Å². The molecule has 1 N–H and O–H groups in total. The van der Waals surface area contributed by atoms with Crippen molar-refractivity contribution in [3.05, 3.63) is 41.3 Å². The van der Waals surface area contributed by atoms with E-state index in [-0.39, 0.29) is 13.2 Å². The average Bonchev–Trinajstić information content (AvgIpc) is 2.92. The zero-order valence-electron chi connectivity index (χ0n) is 11.8. The normalized spacial score (nSPS) is 11.3. The third kappa shape index (κ3) is 4.45. The molecule has 0 bridgehead atoms. The van der Waals surface area contributed by atoms with Gasteiger partial charge < -0.3 is 9.47 Å². The van der Waals surface area contributed by atoms with Gasteiger partial charge in [0.05, 0.1) is 7.11 Å². The number of aryl methyl sites for hydroxylation is 1. The van der Waals surface area contributed by atoms with Crippen molar-refractivity contribution in [3.8, 4) is 11.5 Å². The van der Waals surface area contributed by atoms with Gasteiger partial charge in [0.2, 0.25) is 10.0 Å². The Bertz CT molecular complexity index is 677. The Morgan fingerprint density at radius 1 is 1.10 bits per heavy atom. The first-order valence-electron chi connectivity index (χ1n) is 6.34. The van der Waals surface area contributed by atoms with Gasteiger partial charge in [-0.2, -0.15) is 0 Å². The Kier molecular flexibility index (Phi) is 5.22. The average molecular weight is 327 g/mol. The number of benzene rings is 1. The Balaban J connectivity index is 1.81. The number of sulfonamides is 1. The monoisotopic (exact) mass is 327 g/mol. The number of nitrogens with one attached hydrogen (secondary N) is 1. The molecule has 21 heavy (non-hydrogen) atoms. The summed E-state index contributed by atoms with van der Waals surface area (Å²) in [5, 5.41) is 0. The molecule has 0 atom stereocenters. The molecule has 5 nitrogen and oxygen atoms in total. The summed E-state index contributed by atoms with van der Waals surface area (Å²) in [6.45, 7) is 2.34. The second kappa shape index (κ2) is 6.93. The third-order valence-electron chi connectivity index (χ3n) is 2.70. The van der Waals surface area contributed by atoms with E-state index >= 15 is 0 Å². The lowest BCUT2D eigenvalue weighted by molar-refractivity contribution is 0.322. The highest BCUT2D eigenvalue weighted by Crippen LogP contribution is 2.20. The van der Waals surface area contributed by atoms with Gasteiger partial charge in [-0.3, -0.25) is 0 Å². The highest BCUT2D eigenvalue weighted by atomic mass is 32.2. The van der Waals surface area contributed by atoms with Crippen molar-refractivity contribution in [1.29, 1.82) is 0 Å². The summed E-state index contributed by atoms with van der Waals surface area (Å²) in [4.78, 5) is 0.963. The number of hydrogen-bond donors (Lipinski definition) is 1. The van der Waals surface area contributed by atoms with Gasteiger partial charge >= 0.3 is 0 Å². The highest BCUT2D eigenvalue weighted by Gasteiger charge is 2.15. The zero-order valence-corrected chi connectivity index (χ0v) is 13.5. The van der Waals surface area contributed by atoms with Crippen LogP contribution >= 0.6 is 11.3 Å². The van der Waals surface area contributed by atoms with Gasteiger partial charge in [0.1, 0.15) is 22.3 Å². The molecule has 0 fully saturated rings. The third-order valence-corrected chi connectivity index (χ3v) is 5.66. The van der Waals surface area contributed by atoms with E-state index in [1.165, 1.54) is 11.3 Å². The Hall–Kier alpha value is -1.57. The van der Waals surface area contributed by atoms with E-state index < -0.39 is 10.0 Å². The number of methoxy groups -OCH3 is 1. The molecular formula is C14H17NO4S2. The summed E-state index contributed by atoms with van der Waals surface area (Å²) in [5.41, 5.74) is 0. The van der Waals surface area contributed by atoms with Crippen LogP contribution in [0.3, 0.4) is 0 Å². The van der Waals surface area contributed by atoms with Crippen LogP contribution < -0.4 is 14.2 Å². The van der Waals surface area contributed by atoms with E-state index in [1.807, 2.05) is 6.92 Å². The SMILES string of the molecule is COc1ccc(OCCNS(=O)(=O)c2ccc(C)s2)cc1. The molecule has 1 aromatic carbocycles. The molecule has 0 saturated carbocycles. The standard InChI is InChI=1S/C14H17NO4S2/c1-11-3-8-14(20-11)21(16,17)15-9-10-19-13-6-4-12(18-2)5-7-13/h3-8,15H,9-10H2,1-2H3. The van der Waals surface area contributed by atoms with E-state index in [1.54, 1.807) is 43.5 Å². The molecule has 0 spiro atoms. The van der Waals surface area contributed by atoms with Crippen molar-refractivity contribution in [1.82, 2.24) is 4.72 Å². The summed E-state index contributed by atoms with van der Waals surface area (Å²) in [7, 11) is -1.84. The molecule has 0 amide bonds. The number of thiophene rings is 1. The van der Waals surface area contributed by atoms with Gasteiger partial charge in [0.25, 0.3) is 0 Å². The van der Waals surface area contributed by atoms with Crippen LogP contribution in [0.4, 0.5) is 0 Å². The van der Waals surface area contributed by atoms with E-state index in [9.17, 15) is 8.42 Å². The topological polar surface area (TPSA) is 64.6 Å². The second-order valence-corrected chi connectivity index (χ2v) is 7.57. The summed E-state index contributed by atoms with van der Waals surface area (Å²) in [6.07, 6.45) is 0. The number of hydrogen-bond acceptors (Lipinski definition) is 5. The van der Waals surface area contributed by atoms with E-state index in [0.29, 0.717) is 9.96 Å². The van der Waals surface area contributed by atoms with Crippen LogP contribution in [0.15, 0.2) is 40.6 Å².